The number of rotatable bonds is 7. The summed E-state index contributed by atoms with van der Waals surface area (Å²) < 4.78 is 26.6. The predicted molar refractivity (Wildman–Crippen MR) is 128 cm³/mol. The van der Waals surface area contributed by atoms with Crippen LogP contribution in [0.4, 0.5) is 11.4 Å². The molecule has 0 spiro atoms. The lowest BCUT2D eigenvalue weighted by Gasteiger charge is -2.45. The monoisotopic (exact) mass is 470 g/mol. The number of fused-ring (bicyclic) bond motifs is 3. The summed E-state index contributed by atoms with van der Waals surface area (Å²) in [4.78, 5) is 29.8. The second kappa shape index (κ2) is 9.52. The van der Waals surface area contributed by atoms with Crippen molar-refractivity contribution in [2.75, 3.05) is 43.5 Å². The number of piperidine rings is 1. The summed E-state index contributed by atoms with van der Waals surface area (Å²) in [5.41, 5.74) is 2.39. The molecule has 8 nitrogen and oxygen atoms in total. The van der Waals surface area contributed by atoms with Gasteiger partial charge in [-0.1, -0.05) is 30.3 Å². The summed E-state index contributed by atoms with van der Waals surface area (Å²) in [6.07, 6.45) is 3.34. The number of carbonyl (C=O) groups excluding carboxylic acids is 2. The Balaban J connectivity index is 1.58. The summed E-state index contributed by atoms with van der Waals surface area (Å²) in [7, 11) is -0.736. The highest BCUT2D eigenvalue weighted by Crippen LogP contribution is 2.40. The Morgan fingerprint density at radius 2 is 1.85 bits per heavy atom. The van der Waals surface area contributed by atoms with Crippen LogP contribution in [0.1, 0.15) is 24.8 Å². The molecule has 2 aliphatic rings. The number of amides is 2. The highest BCUT2D eigenvalue weighted by atomic mass is 32.2. The fourth-order valence-electron chi connectivity index (χ4n) is 4.46. The van der Waals surface area contributed by atoms with Crippen LogP contribution in [0.3, 0.4) is 0 Å². The Morgan fingerprint density at radius 3 is 2.58 bits per heavy atom. The fourth-order valence-corrected chi connectivity index (χ4v) is 5.38. The minimum Gasteiger partial charge on any atom is -0.358 e. The van der Waals surface area contributed by atoms with Crippen molar-refractivity contribution in [1.82, 2.24) is 9.62 Å². The van der Waals surface area contributed by atoms with Gasteiger partial charge >= 0.3 is 0 Å². The molecule has 0 bridgehead atoms. The third kappa shape index (κ3) is 4.74. The van der Waals surface area contributed by atoms with Crippen LogP contribution >= 0.6 is 0 Å². The van der Waals surface area contributed by atoms with Crippen LogP contribution in [0.2, 0.25) is 0 Å². The average Bonchev–Trinajstić information content (AvgIpc) is 2.82. The summed E-state index contributed by atoms with van der Waals surface area (Å²) >= 11 is 0. The first-order valence-corrected chi connectivity index (χ1v) is 12.7. The lowest BCUT2D eigenvalue weighted by atomic mass is 9.96. The van der Waals surface area contributed by atoms with E-state index >= 15 is 0 Å². The van der Waals surface area contributed by atoms with Gasteiger partial charge in [0.05, 0.1) is 16.3 Å². The molecule has 0 aromatic heterocycles. The lowest BCUT2D eigenvalue weighted by molar-refractivity contribution is -0.124. The summed E-state index contributed by atoms with van der Waals surface area (Å²) in [5.74, 6) is -0.421. The van der Waals surface area contributed by atoms with E-state index in [9.17, 15) is 18.0 Å². The molecular weight excluding hydrogens is 440 g/mol. The summed E-state index contributed by atoms with van der Waals surface area (Å²) in [6, 6.07) is 14.4. The Bertz CT molecular complexity index is 1130. The van der Waals surface area contributed by atoms with Gasteiger partial charge in [0.1, 0.15) is 12.6 Å². The molecule has 2 amide bonds. The van der Waals surface area contributed by atoms with Crippen LogP contribution in [0.25, 0.3) is 0 Å². The zero-order valence-electron chi connectivity index (χ0n) is 19.0. The first-order chi connectivity index (χ1) is 15.8. The highest BCUT2D eigenvalue weighted by Gasteiger charge is 2.40. The van der Waals surface area contributed by atoms with E-state index in [-0.39, 0.29) is 29.3 Å². The van der Waals surface area contributed by atoms with E-state index in [2.05, 4.69) is 10.2 Å². The van der Waals surface area contributed by atoms with Crippen molar-refractivity contribution < 1.29 is 18.0 Å². The normalized spacial score (nSPS) is 18.2. The highest BCUT2D eigenvalue weighted by molar-refractivity contribution is 7.89. The molecule has 4 rings (SSSR count). The minimum atomic E-state index is -3.68. The fraction of sp³-hybridized carbons (Fsp3) is 0.417. The second-order valence-electron chi connectivity index (χ2n) is 8.65. The first kappa shape index (κ1) is 23.3. The number of carbonyl (C=O) groups is 2. The van der Waals surface area contributed by atoms with Gasteiger partial charge in [-0.3, -0.25) is 14.5 Å². The van der Waals surface area contributed by atoms with E-state index in [1.807, 2.05) is 30.3 Å². The molecule has 0 saturated carbocycles. The van der Waals surface area contributed by atoms with Crippen molar-refractivity contribution in [3.05, 3.63) is 54.1 Å². The molecular formula is C24H30N4O4S. The second-order valence-corrected chi connectivity index (χ2v) is 10.8. The molecule has 0 radical (unpaired) electrons. The number of benzene rings is 2. The lowest BCUT2D eigenvalue weighted by Crippen LogP contribution is -2.57. The molecule has 9 heteroatoms. The van der Waals surface area contributed by atoms with Crippen LogP contribution in [0.15, 0.2) is 53.4 Å². The van der Waals surface area contributed by atoms with E-state index in [1.54, 1.807) is 12.1 Å². The molecule has 2 aliphatic heterocycles. The molecule has 1 saturated heterocycles. The van der Waals surface area contributed by atoms with Crippen LogP contribution < -0.4 is 15.1 Å². The third-order valence-electron chi connectivity index (χ3n) is 6.26. The largest absolute Gasteiger partial charge is 0.358 e. The van der Waals surface area contributed by atoms with Gasteiger partial charge < -0.3 is 10.2 Å². The van der Waals surface area contributed by atoms with Crippen molar-refractivity contribution in [3.8, 4) is 0 Å². The number of anilines is 2. The molecule has 2 heterocycles. The van der Waals surface area contributed by atoms with Crippen LogP contribution in [-0.2, 0) is 26.0 Å². The number of nitrogens with one attached hydrogen (secondary N) is 1. The molecule has 2 aromatic carbocycles. The smallest absolute Gasteiger partial charge is 0.250 e. The van der Waals surface area contributed by atoms with Crippen LogP contribution in [-0.4, -0.2) is 64.3 Å². The summed E-state index contributed by atoms with van der Waals surface area (Å²) in [6.45, 7) is 1.05. The van der Waals surface area contributed by atoms with Crippen molar-refractivity contribution in [2.24, 2.45) is 0 Å². The van der Waals surface area contributed by atoms with Crippen molar-refractivity contribution >= 4 is 33.2 Å². The minimum absolute atomic E-state index is 0.101. The standard InChI is InChI=1S/C24H30N4O4S/c1-26(2)33(31,32)19-11-12-20-22(16-19)28(24(30)21-10-6-7-15-27(20)21)17-23(29)25-14-13-18-8-4-3-5-9-18/h3-5,8-9,11-12,16,21H,6-7,10,13-15,17H2,1-2H3,(H,25,29)/t21-/m0/s1. The van der Waals surface area contributed by atoms with E-state index in [1.165, 1.54) is 25.1 Å². The van der Waals surface area contributed by atoms with Gasteiger partial charge in [-0.2, -0.15) is 0 Å². The molecule has 1 N–H and O–H groups in total. The van der Waals surface area contributed by atoms with Crippen LogP contribution in [0, 0.1) is 0 Å². The zero-order valence-corrected chi connectivity index (χ0v) is 19.8. The van der Waals surface area contributed by atoms with Gasteiger partial charge in [0.25, 0.3) is 0 Å². The maximum absolute atomic E-state index is 13.4. The maximum Gasteiger partial charge on any atom is 0.250 e. The molecule has 1 atom stereocenters. The van der Waals surface area contributed by atoms with E-state index in [4.69, 9.17) is 0 Å². The van der Waals surface area contributed by atoms with Gasteiger partial charge in [-0.15, -0.1) is 0 Å². The molecule has 33 heavy (non-hydrogen) atoms. The average molecular weight is 471 g/mol. The third-order valence-corrected chi connectivity index (χ3v) is 8.07. The van der Waals surface area contributed by atoms with E-state index in [0.717, 1.165) is 41.4 Å². The van der Waals surface area contributed by atoms with Crippen LogP contribution in [0.5, 0.6) is 0 Å². The Hall–Kier alpha value is -2.91. The number of hydrogen-bond acceptors (Lipinski definition) is 5. The molecule has 1 fully saturated rings. The zero-order chi connectivity index (χ0) is 23.6. The van der Waals surface area contributed by atoms with E-state index < -0.39 is 10.0 Å². The molecule has 0 aliphatic carbocycles. The Kier molecular flexibility index (Phi) is 6.71. The van der Waals surface area contributed by atoms with Crippen molar-refractivity contribution in [3.63, 3.8) is 0 Å². The quantitative estimate of drug-likeness (QED) is 0.669. The predicted octanol–water partition coefficient (Wildman–Crippen LogP) is 2.00. The maximum atomic E-state index is 13.4. The first-order valence-electron chi connectivity index (χ1n) is 11.2. The van der Waals surface area contributed by atoms with E-state index in [0.29, 0.717) is 18.7 Å². The Morgan fingerprint density at radius 1 is 1.09 bits per heavy atom. The molecule has 0 unspecified atom stereocenters. The number of sulfonamides is 1. The van der Waals surface area contributed by atoms with Gasteiger partial charge in [0, 0.05) is 27.2 Å². The molecule has 176 valence electrons. The van der Waals surface area contributed by atoms with Gasteiger partial charge in [-0.25, -0.2) is 12.7 Å². The van der Waals surface area contributed by atoms with Gasteiger partial charge in [0.2, 0.25) is 21.8 Å². The summed E-state index contributed by atoms with van der Waals surface area (Å²) in [5, 5.41) is 2.89. The topological polar surface area (TPSA) is 90.0 Å². The van der Waals surface area contributed by atoms with Crippen molar-refractivity contribution in [1.29, 1.82) is 0 Å². The molecule has 2 aromatic rings. The van der Waals surface area contributed by atoms with Crippen molar-refractivity contribution in [2.45, 2.75) is 36.6 Å². The number of hydrogen-bond donors (Lipinski definition) is 1. The SMILES string of the molecule is CN(C)S(=O)(=O)c1ccc2c(c1)N(CC(=O)NCCc1ccccc1)C(=O)[C@@H]1CCCCN21. The van der Waals surface area contributed by atoms with Gasteiger partial charge in [0.15, 0.2) is 0 Å². The number of nitrogens with zero attached hydrogens (tertiary/aromatic N) is 3. The van der Waals surface area contributed by atoms with Gasteiger partial charge in [-0.05, 0) is 49.4 Å². The Labute approximate surface area is 195 Å².